The first-order chi connectivity index (χ1) is 12.9. The Labute approximate surface area is 163 Å². The van der Waals surface area contributed by atoms with Gasteiger partial charge in [-0.25, -0.2) is 0 Å². The number of benzene rings is 2. The van der Waals surface area contributed by atoms with Crippen LogP contribution < -0.4 is 5.32 Å². The minimum absolute atomic E-state index is 0.0593. The monoisotopic (exact) mass is 406 g/mol. The van der Waals surface area contributed by atoms with Gasteiger partial charge in [-0.05, 0) is 24.3 Å². The summed E-state index contributed by atoms with van der Waals surface area (Å²) in [5.41, 5.74) is 0.667. The number of nitrogens with one attached hydrogen (secondary N) is 1. The van der Waals surface area contributed by atoms with Crippen LogP contribution in [-0.4, -0.2) is 41.7 Å². The van der Waals surface area contributed by atoms with E-state index in [4.69, 9.17) is 27.9 Å². The molecule has 0 saturated carbocycles. The number of ether oxygens (including phenoxy) is 1. The highest BCUT2D eigenvalue weighted by molar-refractivity contribution is 6.43. The van der Waals surface area contributed by atoms with E-state index in [1.807, 2.05) is 0 Å². The summed E-state index contributed by atoms with van der Waals surface area (Å²) >= 11 is 11.7. The average Bonchev–Trinajstić information content (AvgIpc) is 2.86. The smallest absolute Gasteiger partial charge is 0.326 e. The molecule has 1 N–H and O–H groups in total. The minimum atomic E-state index is -0.898. The number of hydrogen-bond donors (Lipinski definition) is 1. The minimum Gasteiger partial charge on any atom is -0.454 e. The molecule has 3 rings (SSSR count). The lowest BCUT2D eigenvalue weighted by molar-refractivity contribution is -0.147. The van der Waals surface area contributed by atoms with Gasteiger partial charge < -0.3 is 10.1 Å². The summed E-state index contributed by atoms with van der Waals surface area (Å²) in [5.74, 6) is -2.81. The molecule has 0 spiro atoms. The number of para-hydroxylation sites is 1. The van der Waals surface area contributed by atoms with Crippen molar-refractivity contribution in [2.45, 2.75) is 0 Å². The van der Waals surface area contributed by atoms with E-state index >= 15 is 0 Å². The zero-order valence-corrected chi connectivity index (χ0v) is 15.2. The van der Waals surface area contributed by atoms with Crippen LogP contribution in [0.1, 0.15) is 20.7 Å². The van der Waals surface area contributed by atoms with Gasteiger partial charge in [-0.3, -0.25) is 24.1 Å². The van der Waals surface area contributed by atoms with Crippen molar-refractivity contribution in [2.75, 3.05) is 18.5 Å². The first-order valence-electron chi connectivity index (χ1n) is 7.72. The van der Waals surface area contributed by atoms with Gasteiger partial charge in [0.2, 0.25) is 0 Å². The molecule has 1 aliphatic rings. The van der Waals surface area contributed by atoms with Crippen molar-refractivity contribution in [3.63, 3.8) is 0 Å². The van der Waals surface area contributed by atoms with Gasteiger partial charge >= 0.3 is 5.97 Å². The SMILES string of the molecule is O=C(COC(=O)CN1C(=O)c2cc(Cl)c(Cl)cc2C1=O)Nc1ccccc1. The zero-order valence-electron chi connectivity index (χ0n) is 13.7. The molecule has 1 heterocycles. The molecule has 2 aromatic carbocycles. The predicted molar refractivity (Wildman–Crippen MR) is 97.9 cm³/mol. The lowest BCUT2D eigenvalue weighted by Gasteiger charge is -2.13. The molecule has 3 amide bonds. The number of esters is 1. The Morgan fingerprint density at radius 3 is 2.07 bits per heavy atom. The van der Waals surface area contributed by atoms with Crippen LogP contribution in [0.15, 0.2) is 42.5 Å². The lowest BCUT2D eigenvalue weighted by Crippen LogP contribution is -2.36. The number of anilines is 1. The molecule has 1 aliphatic heterocycles. The van der Waals surface area contributed by atoms with Crippen LogP contribution in [0.25, 0.3) is 0 Å². The molecule has 138 valence electrons. The molecule has 0 saturated heterocycles. The molecule has 0 fully saturated rings. The van der Waals surface area contributed by atoms with E-state index in [0.717, 1.165) is 4.90 Å². The molecular formula is C18H12Cl2N2O5. The largest absolute Gasteiger partial charge is 0.454 e. The fourth-order valence-corrected chi connectivity index (χ4v) is 2.79. The molecule has 2 aromatic rings. The summed E-state index contributed by atoms with van der Waals surface area (Å²) in [6.07, 6.45) is 0. The number of fused-ring (bicyclic) bond motifs is 1. The highest BCUT2D eigenvalue weighted by Gasteiger charge is 2.37. The number of carbonyl (C=O) groups excluding carboxylic acids is 4. The number of halogens is 2. The summed E-state index contributed by atoms with van der Waals surface area (Å²) < 4.78 is 4.83. The average molecular weight is 407 g/mol. The van der Waals surface area contributed by atoms with Crippen LogP contribution in [-0.2, 0) is 14.3 Å². The Bertz CT molecular complexity index is 905. The Balaban J connectivity index is 1.58. The fraction of sp³-hybridized carbons (Fsp3) is 0.111. The van der Waals surface area contributed by atoms with Gasteiger partial charge in [0.25, 0.3) is 17.7 Å². The van der Waals surface area contributed by atoms with Crippen molar-refractivity contribution in [1.29, 1.82) is 0 Å². The van der Waals surface area contributed by atoms with Crippen molar-refractivity contribution in [1.82, 2.24) is 4.90 Å². The quantitative estimate of drug-likeness (QED) is 0.608. The highest BCUT2D eigenvalue weighted by Crippen LogP contribution is 2.31. The number of imide groups is 1. The second-order valence-electron chi connectivity index (χ2n) is 5.58. The first kappa shape index (κ1) is 18.9. The van der Waals surface area contributed by atoms with Crippen molar-refractivity contribution in [3.05, 3.63) is 63.6 Å². The Kier molecular flexibility index (Phi) is 5.43. The van der Waals surface area contributed by atoms with Crippen molar-refractivity contribution in [2.24, 2.45) is 0 Å². The molecule has 0 aromatic heterocycles. The van der Waals surface area contributed by atoms with Gasteiger partial charge in [0, 0.05) is 5.69 Å². The van der Waals surface area contributed by atoms with E-state index in [-0.39, 0.29) is 21.2 Å². The number of rotatable bonds is 5. The number of hydrogen-bond acceptors (Lipinski definition) is 5. The molecule has 0 atom stereocenters. The molecule has 9 heteroatoms. The normalized spacial score (nSPS) is 12.7. The maximum absolute atomic E-state index is 12.3. The topological polar surface area (TPSA) is 92.8 Å². The summed E-state index contributed by atoms with van der Waals surface area (Å²) in [6, 6.07) is 11.2. The van der Waals surface area contributed by atoms with Crippen molar-refractivity contribution in [3.8, 4) is 0 Å². The van der Waals surface area contributed by atoms with Gasteiger partial charge in [-0.1, -0.05) is 41.4 Å². The van der Waals surface area contributed by atoms with E-state index < -0.39 is 36.8 Å². The van der Waals surface area contributed by atoms with Gasteiger partial charge in [0.05, 0.1) is 21.2 Å². The number of carbonyl (C=O) groups is 4. The van der Waals surface area contributed by atoms with E-state index in [0.29, 0.717) is 5.69 Å². The Hall–Kier alpha value is -2.90. The van der Waals surface area contributed by atoms with Gasteiger partial charge in [-0.2, -0.15) is 0 Å². The van der Waals surface area contributed by atoms with Gasteiger partial charge in [-0.15, -0.1) is 0 Å². The first-order valence-corrected chi connectivity index (χ1v) is 8.48. The molecular weight excluding hydrogens is 395 g/mol. The highest BCUT2D eigenvalue weighted by atomic mass is 35.5. The molecule has 0 unspecified atom stereocenters. The summed E-state index contributed by atoms with van der Waals surface area (Å²) in [6.45, 7) is -1.17. The molecule has 0 radical (unpaired) electrons. The van der Waals surface area contributed by atoms with E-state index in [2.05, 4.69) is 5.32 Å². The summed E-state index contributed by atoms with van der Waals surface area (Å²) in [4.78, 5) is 49.0. The third-order valence-corrected chi connectivity index (χ3v) is 4.44. The van der Waals surface area contributed by atoms with Crippen LogP contribution >= 0.6 is 23.2 Å². The third kappa shape index (κ3) is 4.10. The maximum Gasteiger partial charge on any atom is 0.326 e. The Morgan fingerprint density at radius 2 is 1.52 bits per heavy atom. The second kappa shape index (κ2) is 7.77. The van der Waals surface area contributed by atoms with E-state index in [1.165, 1.54) is 12.1 Å². The van der Waals surface area contributed by atoms with Crippen LogP contribution in [0, 0.1) is 0 Å². The van der Waals surface area contributed by atoms with Gasteiger partial charge in [0.1, 0.15) is 6.54 Å². The zero-order chi connectivity index (χ0) is 19.6. The second-order valence-corrected chi connectivity index (χ2v) is 6.40. The third-order valence-electron chi connectivity index (χ3n) is 3.72. The Morgan fingerprint density at radius 1 is 0.963 bits per heavy atom. The predicted octanol–water partition coefficient (Wildman–Crippen LogP) is 2.77. The van der Waals surface area contributed by atoms with Crippen LogP contribution in [0.4, 0.5) is 5.69 Å². The fourth-order valence-electron chi connectivity index (χ4n) is 2.47. The van der Waals surface area contributed by atoms with Crippen LogP contribution in [0.3, 0.4) is 0 Å². The lowest BCUT2D eigenvalue weighted by atomic mass is 10.1. The van der Waals surface area contributed by atoms with Crippen LogP contribution in [0.2, 0.25) is 10.0 Å². The van der Waals surface area contributed by atoms with Crippen molar-refractivity contribution >= 4 is 52.6 Å². The van der Waals surface area contributed by atoms with E-state index in [9.17, 15) is 19.2 Å². The maximum atomic E-state index is 12.3. The van der Waals surface area contributed by atoms with E-state index in [1.54, 1.807) is 30.3 Å². The molecule has 27 heavy (non-hydrogen) atoms. The summed E-state index contributed by atoms with van der Waals surface area (Å²) in [7, 11) is 0. The molecule has 0 aliphatic carbocycles. The summed E-state index contributed by atoms with van der Waals surface area (Å²) in [5, 5.41) is 2.79. The van der Waals surface area contributed by atoms with Crippen LogP contribution in [0.5, 0.6) is 0 Å². The number of nitrogens with zero attached hydrogens (tertiary/aromatic N) is 1. The number of amides is 3. The van der Waals surface area contributed by atoms with Crippen molar-refractivity contribution < 1.29 is 23.9 Å². The molecule has 7 nitrogen and oxygen atoms in total. The standard InChI is InChI=1S/C18H12Cl2N2O5/c19-13-6-11-12(7-14(13)20)18(26)22(17(11)25)8-16(24)27-9-15(23)21-10-4-2-1-3-5-10/h1-7H,8-9H2,(H,21,23). The van der Waals surface area contributed by atoms with Gasteiger partial charge in [0.15, 0.2) is 6.61 Å². The molecule has 0 bridgehead atoms.